The van der Waals surface area contributed by atoms with Crippen LogP contribution in [0.4, 0.5) is 18.9 Å². The van der Waals surface area contributed by atoms with Crippen molar-refractivity contribution in [1.82, 2.24) is 9.62 Å². The smallest absolute Gasteiger partial charge is 0.395 e. The summed E-state index contributed by atoms with van der Waals surface area (Å²) in [5.41, 5.74) is 0.589. The van der Waals surface area contributed by atoms with Gasteiger partial charge in [-0.1, -0.05) is 12.1 Å². The molecule has 0 amide bonds. The van der Waals surface area contributed by atoms with Gasteiger partial charge in [0.1, 0.15) is 5.82 Å². The van der Waals surface area contributed by atoms with Crippen LogP contribution in [-0.4, -0.2) is 58.9 Å². The highest BCUT2D eigenvalue weighted by Gasteiger charge is 2.45. The molecule has 0 radical (unpaired) electrons. The molecule has 1 N–H and O–H groups in total. The lowest BCUT2D eigenvalue weighted by atomic mass is 10.2. The molecule has 0 atom stereocenters. The number of benzene rings is 2. The Labute approximate surface area is 184 Å². The molecule has 32 heavy (non-hydrogen) atoms. The third-order valence-corrected chi connectivity index (χ3v) is 6.88. The fraction of sp³-hybridized carbons (Fsp3) is 0.429. The van der Waals surface area contributed by atoms with Gasteiger partial charge in [-0.05, 0) is 49.7 Å². The summed E-state index contributed by atoms with van der Waals surface area (Å²) in [7, 11) is -3.73. The van der Waals surface area contributed by atoms with Crippen LogP contribution in [0.3, 0.4) is 0 Å². The summed E-state index contributed by atoms with van der Waals surface area (Å²) < 4.78 is 76.1. The van der Waals surface area contributed by atoms with E-state index in [1.165, 1.54) is 24.3 Å². The molecule has 2 aromatic carbocycles. The lowest BCUT2D eigenvalue weighted by Crippen LogP contribution is -2.46. The normalized spacial score (nSPS) is 18.2. The van der Waals surface area contributed by atoms with Crippen LogP contribution in [0.15, 0.2) is 47.4 Å². The van der Waals surface area contributed by atoms with E-state index in [0.717, 1.165) is 32.1 Å². The number of halogens is 3. The molecule has 1 saturated heterocycles. The van der Waals surface area contributed by atoms with Crippen molar-refractivity contribution in [3.8, 4) is 11.5 Å². The lowest BCUT2D eigenvalue weighted by molar-refractivity contribution is -0.286. The number of unbranched alkanes of at least 4 members (excludes halogenated alkanes) is 1. The Morgan fingerprint density at radius 3 is 2.50 bits per heavy atom. The van der Waals surface area contributed by atoms with Crippen LogP contribution in [0.2, 0.25) is 0 Å². The van der Waals surface area contributed by atoms with E-state index >= 15 is 0 Å². The molecule has 0 bridgehead atoms. The number of piperazine rings is 1. The van der Waals surface area contributed by atoms with Gasteiger partial charge < -0.3 is 14.4 Å². The van der Waals surface area contributed by atoms with E-state index < -0.39 is 22.1 Å². The molecule has 0 aromatic heterocycles. The van der Waals surface area contributed by atoms with Gasteiger partial charge in [-0.15, -0.1) is 8.78 Å². The Hall–Kier alpha value is -2.50. The molecular weight excluding hydrogens is 447 g/mol. The van der Waals surface area contributed by atoms with E-state index in [9.17, 15) is 21.6 Å². The molecule has 4 rings (SSSR count). The Morgan fingerprint density at radius 1 is 1.00 bits per heavy atom. The zero-order valence-electron chi connectivity index (χ0n) is 17.3. The molecule has 2 aromatic rings. The summed E-state index contributed by atoms with van der Waals surface area (Å²) >= 11 is 0. The number of rotatable bonds is 8. The second-order valence-corrected chi connectivity index (χ2v) is 9.43. The molecule has 2 aliphatic heterocycles. The zero-order chi connectivity index (χ0) is 22.8. The number of anilines is 1. The average Bonchev–Trinajstić information content (AvgIpc) is 3.08. The minimum atomic E-state index is -3.73. The van der Waals surface area contributed by atoms with Crippen molar-refractivity contribution in [3.05, 3.63) is 48.3 Å². The lowest BCUT2D eigenvalue weighted by Gasteiger charge is -2.36. The molecule has 7 nitrogen and oxygen atoms in total. The average molecular weight is 472 g/mol. The van der Waals surface area contributed by atoms with Crippen molar-refractivity contribution in [3.63, 3.8) is 0 Å². The molecule has 0 spiro atoms. The van der Waals surface area contributed by atoms with E-state index in [2.05, 4.69) is 19.1 Å². The maximum absolute atomic E-state index is 13.4. The summed E-state index contributed by atoms with van der Waals surface area (Å²) in [5.74, 6) is -0.493. The van der Waals surface area contributed by atoms with E-state index in [1.807, 2.05) is 4.90 Å². The van der Waals surface area contributed by atoms with Gasteiger partial charge >= 0.3 is 6.29 Å². The third kappa shape index (κ3) is 5.28. The number of nitrogens with zero attached hydrogens (tertiary/aromatic N) is 2. The standard InChI is InChI=1S/C21H24F3N3O4S/c22-16-5-3-6-17(15-16)32(28,29)25-9-1-2-10-26-11-13-27(14-12-26)18-7-4-8-19-20(18)31-21(23,24)30-19/h3-8,15,25H,1-2,9-14H2. The highest BCUT2D eigenvalue weighted by molar-refractivity contribution is 7.89. The summed E-state index contributed by atoms with van der Waals surface area (Å²) in [6.07, 6.45) is -2.22. The Balaban J connectivity index is 1.20. The monoisotopic (exact) mass is 471 g/mol. The molecule has 174 valence electrons. The van der Waals surface area contributed by atoms with Crippen LogP contribution in [0.25, 0.3) is 0 Å². The highest BCUT2D eigenvalue weighted by atomic mass is 32.2. The number of para-hydroxylation sites is 1. The molecule has 11 heteroatoms. The number of ether oxygens (including phenoxy) is 2. The molecule has 2 heterocycles. The number of hydrogen-bond donors (Lipinski definition) is 1. The van der Waals surface area contributed by atoms with Crippen molar-refractivity contribution in [2.75, 3.05) is 44.2 Å². The van der Waals surface area contributed by atoms with E-state index in [4.69, 9.17) is 0 Å². The van der Waals surface area contributed by atoms with Gasteiger partial charge in [-0.3, -0.25) is 4.90 Å². The van der Waals surface area contributed by atoms with Crippen LogP contribution >= 0.6 is 0 Å². The molecular formula is C21H24F3N3O4S. The van der Waals surface area contributed by atoms with Crippen molar-refractivity contribution in [1.29, 1.82) is 0 Å². The van der Waals surface area contributed by atoms with E-state index in [0.29, 0.717) is 25.2 Å². The topological polar surface area (TPSA) is 71.1 Å². The van der Waals surface area contributed by atoms with Crippen LogP contribution in [-0.2, 0) is 10.0 Å². The molecule has 0 saturated carbocycles. The van der Waals surface area contributed by atoms with Crippen molar-refractivity contribution in [2.45, 2.75) is 24.0 Å². The van der Waals surface area contributed by atoms with Gasteiger partial charge in [-0.25, -0.2) is 17.5 Å². The highest BCUT2D eigenvalue weighted by Crippen LogP contribution is 2.47. The minimum Gasteiger partial charge on any atom is -0.395 e. The second kappa shape index (κ2) is 9.16. The van der Waals surface area contributed by atoms with Crippen molar-refractivity contribution >= 4 is 15.7 Å². The number of nitrogens with one attached hydrogen (secondary N) is 1. The van der Waals surface area contributed by atoms with E-state index in [1.54, 1.807) is 12.1 Å². The van der Waals surface area contributed by atoms with Crippen LogP contribution in [0.5, 0.6) is 11.5 Å². The molecule has 1 fully saturated rings. The Kier molecular flexibility index (Phi) is 6.50. The Morgan fingerprint density at radius 2 is 1.75 bits per heavy atom. The van der Waals surface area contributed by atoms with Gasteiger partial charge in [-0.2, -0.15) is 0 Å². The fourth-order valence-electron chi connectivity index (χ4n) is 3.80. The van der Waals surface area contributed by atoms with Crippen LogP contribution in [0.1, 0.15) is 12.8 Å². The first-order chi connectivity index (χ1) is 15.2. The number of hydrogen-bond acceptors (Lipinski definition) is 6. The van der Waals surface area contributed by atoms with Gasteiger partial charge in [0.15, 0.2) is 11.5 Å². The number of fused-ring (bicyclic) bond motifs is 1. The molecule has 0 unspecified atom stereocenters. The van der Waals surface area contributed by atoms with Crippen molar-refractivity contribution < 1.29 is 31.1 Å². The van der Waals surface area contributed by atoms with Gasteiger partial charge in [0, 0.05) is 32.7 Å². The zero-order valence-corrected chi connectivity index (χ0v) is 18.1. The minimum absolute atomic E-state index is 0.0376. The summed E-state index contributed by atoms with van der Waals surface area (Å²) in [6, 6.07) is 9.75. The summed E-state index contributed by atoms with van der Waals surface area (Å²) in [4.78, 5) is 4.15. The van der Waals surface area contributed by atoms with E-state index in [-0.39, 0.29) is 22.9 Å². The summed E-state index contributed by atoms with van der Waals surface area (Å²) in [6.45, 7) is 3.85. The first kappa shape index (κ1) is 22.7. The van der Waals surface area contributed by atoms with Crippen LogP contribution in [0, 0.1) is 5.82 Å². The Bertz CT molecular complexity index is 1060. The number of alkyl halides is 2. The first-order valence-corrected chi connectivity index (χ1v) is 11.8. The summed E-state index contributed by atoms with van der Waals surface area (Å²) in [5, 5.41) is 0. The van der Waals surface area contributed by atoms with Gasteiger partial charge in [0.2, 0.25) is 10.0 Å². The van der Waals surface area contributed by atoms with Gasteiger partial charge in [0.25, 0.3) is 0 Å². The van der Waals surface area contributed by atoms with Crippen LogP contribution < -0.4 is 19.1 Å². The number of sulfonamides is 1. The van der Waals surface area contributed by atoms with Gasteiger partial charge in [0.05, 0.1) is 10.6 Å². The fourth-order valence-corrected chi connectivity index (χ4v) is 4.91. The maximum atomic E-state index is 13.4. The largest absolute Gasteiger partial charge is 0.586 e. The predicted octanol–water partition coefficient (Wildman–Crippen LogP) is 3.03. The third-order valence-electron chi connectivity index (χ3n) is 5.42. The van der Waals surface area contributed by atoms with Crippen molar-refractivity contribution in [2.24, 2.45) is 0 Å². The molecule has 0 aliphatic carbocycles. The second-order valence-electron chi connectivity index (χ2n) is 7.66. The quantitative estimate of drug-likeness (QED) is 0.597. The molecule has 2 aliphatic rings. The maximum Gasteiger partial charge on any atom is 0.586 e. The SMILES string of the molecule is O=S(=O)(NCCCCN1CCN(c2cccc3c2OC(F)(F)O3)CC1)c1cccc(F)c1. The first-order valence-electron chi connectivity index (χ1n) is 10.3. The predicted molar refractivity (Wildman–Crippen MR) is 112 cm³/mol.